The van der Waals surface area contributed by atoms with Gasteiger partial charge in [0, 0.05) is 16.5 Å². The molecular formula is C30H22BN. The van der Waals surface area contributed by atoms with Crippen molar-refractivity contribution in [2.45, 2.75) is 0 Å². The van der Waals surface area contributed by atoms with Gasteiger partial charge >= 0.3 is 0 Å². The van der Waals surface area contributed by atoms with Crippen molar-refractivity contribution < 1.29 is 0 Å². The fourth-order valence-corrected chi connectivity index (χ4v) is 4.72. The largest absolute Gasteiger partial charge is 0.310 e. The van der Waals surface area contributed by atoms with Crippen LogP contribution in [-0.2, 0) is 0 Å². The summed E-state index contributed by atoms with van der Waals surface area (Å²) in [6, 6.07) is 43.6. The highest BCUT2D eigenvalue weighted by molar-refractivity contribution is 6.35. The normalized spacial score (nSPS) is 11.2. The highest BCUT2D eigenvalue weighted by atomic mass is 15.0. The summed E-state index contributed by atoms with van der Waals surface area (Å²) in [5.41, 5.74) is 9.94. The Morgan fingerprint density at radius 1 is 0.438 bits per heavy atom. The second kappa shape index (κ2) is 7.58. The number of para-hydroxylation sites is 1. The molecule has 0 unspecified atom stereocenters. The summed E-state index contributed by atoms with van der Waals surface area (Å²) in [6.07, 6.45) is 0. The van der Waals surface area contributed by atoms with Crippen molar-refractivity contribution in [2.75, 3.05) is 0 Å². The van der Waals surface area contributed by atoms with E-state index in [2.05, 4.69) is 134 Å². The number of aromatic nitrogens is 1. The summed E-state index contributed by atoms with van der Waals surface area (Å²) >= 11 is 0. The van der Waals surface area contributed by atoms with E-state index in [0.717, 1.165) is 0 Å². The summed E-state index contributed by atoms with van der Waals surface area (Å²) in [5, 5.41) is 2.56. The molecule has 5 aromatic carbocycles. The highest BCUT2D eigenvalue weighted by Crippen LogP contribution is 2.36. The molecule has 6 aromatic rings. The molecular weight excluding hydrogens is 385 g/mol. The molecule has 0 aliphatic carbocycles. The Kier molecular flexibility index (Phi) is 4.43. The molecule has 2 heteroatoms. The van der Waals surface area contributed by atoms with E-state index in [1.54, 1.807) is 0 Å². The first kappa shape index (κ1) is 18.7. The first-order valence-electron chi connectivity index (χ1n) is 11.0. The van der Waals surface area contributed by atoms with E-state index in [0.29, 0.717) is 0 Å². The van der Waals surface area contributed by atoms with Crippen molar-refractivity contribution in [1.82, 2.24) is 4.57 Å². The van der Waals surface area contributed by atoms with E-state index in [4.69, 9.17) is 0 Å². The van der Waals surface area contributed by atoms with E-state index in [-0.39, 0.29) is 0 Å². The van der Waals surface area contributed by atoms with Crippen LogP contribution in [0.2, 0.25) is 0 Å². The number of rotatable bonds is 3. The van der Waals surface area contributed by atoms with Gasteiger partial charge in [0.2, 0.25) is 0 Å². The molecule has 0 aliphatic rings. The van der Waals surface area contributed by atoms with Crippen molar-refractivity contribution in [3.8, 4) is 27.9 Å². The lowest BCUT2D eigenvalue weighted by atomic mass is 9.94. The van der Waals surface area contributed by atoms with Crippen LogP contribution < -0.4 is 5.46 Å². The average molecular weight is 407 g/mol. The Hall–Kier alpha value is -4.04. The van der Waals surface area contributed by atoms with Gasteiger partial charge in [-0.3, -0.25) is 0 Å². The third-order valence-electron chi connectivity index (χ3n) is 6.34. The molecule has 0 saturated heterocycles. The maximum absolute atomic E-state index is 2.41. The van der Waals surface area contributed by atoms with E-state index in [1.807, 2.05) is 0 Å². The number of nitrogens with zero attached hydrogens (tertiary/aromatic N) is 1. The summed E-state index contributed by atoms with van der Waals surface area (Å²) in [5.74, 6) is 0. The van der Waals surface area contributed by atoms with Gasteiger partial charge in [-0.05, 0) is 52.6 Å². The standard InChI is InChI=1S/C30H22BN/c31-27-13-7-8-14-30(27)32-28-17-15-23(21-9-3-1-4-10-21)19-25(28)26-20-24(16-18-29(26)32)22-11-5-2-6-12-22/h1-20H,31H2. The molecule has 1 nitrogen and oxygen atoms in total. The quantitative estimate of drug-likeness (QED) is 0.300. The lowest BCUT2D eigenvalue weighted by Gasteiger charge is -2.11. The van der Waals surface area contributed by atoms with Crippen molar-refractivity contribution in [3.05, 3.63) is 121 Å². The van der Waals surface area contributed by atoms with Crippen LogP contribution in [0.15, 0.2) is 121 Å². The average Bonchev–Trinajstić information content (AvgIpc) is 3.18. The molecule has 32 heavy (non-hydrogen) atoms. The minimum Gasteiger partial charge on any atom is -0.310 e. The zero-order valence-corrected chi connectivity index (χ0v) is 18.0. The van der Waals surface area contributed by atoms with Crippen molar-refractivity contribution >= 4 is 35.1 Å². The third-order valence-corrected chi connectivity index (χ3v) is 6.34. The molecule has 0 spiro atoms. The molecule has 0 atom stereocenters. The Balaban J connectivity index is 1.69. The zero-order chi connectivity index (χ0) is 21.5. The monoisotopic (exact) mass is 407 g/mol. The van der Waals surface area contributed by atoms with Gasteiger partial charge in [-0.2, -0.15) is 0 Å². The Labute approximate surface area is 189 Å². The SMILES string of the molecule is Bc1ccccc1-n1c2ccc(-c3ccccc3)cc2c2cc(-c3ccccc3)ccc21. The van der Waals surface area contributed by atoms with Gasteiger partial charge in [-0.15, -0.1) is 0 Å². The number of hydrogen-bond donors (Lipinski definition) is 0. The Morgan fingerprint density at radius 2 is 0.906 bits per heavy atom. The van der Waals surface area contributed by atoms with Gasteiger partial charge in [0.25, 0.3) is 0 Å². The van der Waals surface area contributed by atoms with Gasteiger partial charge in [-0.1, -0.05) is 96.5 Å². The summed E-state index contributed by atoms with van der Waals surface area (Å²) in [6.45, 7) is 0. The Bertz CT molecular complexity index is 1470. The van der Waals surface area contributed by atoms with Crippen molar-refractivity contribution in [3.63, 3.8) is 0 Å². The molecule has 0 N–H and O–H groups in total. The fraction of sp³-hybridized carbons (Fsp3) is 0. The predicted molar refractivity (Wildman–Crippen MR) is 140 cm³/mol. The van der Waals surface area contributed by atoms with Crippen LogP contribution in [0.4, 0.5) is 0 Å². The van der Waals surface area contributed by atoms with Crippen LogP contribution in [0.5, 0.6) is 0 Å². The predicted octanol–water partition coefficient (Wildman–Crippen LogP) is 6.38. The van der Waals surface area contributed by atoms with E-state index in [1.165, 1.54) is 55.2 Å². The van der Waals surface area contributed by atoms with Crippen LogP contribution in [0.1, 0.15) is 0 Å². The molecule has 0 amide bonds. The van der Waals surface area contributed by atoms with E-state index in [9.17, 15) is 0 Å². The van der Waals surface area contributed by atoms with Gasteiger partial charge in [0.05, 0.1) is 11.0 Å². The third kappa shape index (κ3) is 3.04. The van der Waals surface area contributed by atoms with E-state index < -0.39 is 0 Å². The topological polar surface area (TPSA) is 4.93 Å². The summed E-state index contributed by atoms with van der Waals surface area (Å²) < 4.78 is 2.41. The maximum atomic E-state index is 2.41. The first-order chi connectivity index (χ1) is 15.8. The minimum absolute atomic E-state index is 1.23. The molecule has 0 saturated carbocycles. The molecule has 0 fully saturated rings. The molecule has 150 valence electrons. The molecule has 1 aromatic heterocycles. The van der Waals surface area contributed by atoms with Crippen molar-refractivity contribution in [2.24, 2.45) is 0 Å². The first-order valence-corrected chi connectivity index (χ1v) is 11.0. The maximum Gasteiger partial charge on any atom is 0.142 e. The molecule has 0 bridgehead atoms. The van der Waals surface area contributed by atoms with Crippen LogP contribution in [-0.4, -0.2) is 12.4 Å². The van der Waals surface area contributed by atoms with Crippen LogP contribution >= 0.6 is 0 Å². The molecule has 6 rings (SSSR count). The smallest absolute Gasteiger partial charge is 0.142 e. The zero-order valence-electron chi connectivity index (χ0n) is 18.0. The second-order valence-electron chi connectivity index (χ2n) is 8.32. The lowest BCUT2D eigenvalue weighted by Crippen LogP contribution is -2.11. The number of fused-ring (bicyclic) bond motifs is 3. The van der Waals surface area contributed by atoms with Gasteiger partial charge in [0.1, 0.15) is 7.85 Å². The second-order valence-corrected chi connectivity index (χ2v) is 8.32. The fourth-order valence-electron chi connectivity index (χ4n) is 4.72. The molecule has 0 aliphatic heterocycles. The highest BCUT2D eigenvalue weighted by Gasteiger charge is 2.15. The number of benzene rings is 5. The number of hydrogen-bond acceptors (Lipinski definition) is 0. The van der Waals surface area contributed by atoms with Crippen molar-refractivity contribution in [1.29, 1.82) is 0 Å². The Morgan fingerprint density at radius 3 is 1.41 bits per heavy atom. The van der Waals surface area contributed by atoms with Crippen LogP contribution in [0, 0.1) is 0 Å². The van der Waals surface area contributed by atoms with Gasteiger partial charge in [0.15, 0.2) is 0 Å². The van der Waals surface area contributed by atoms with Gasteiger partial charge in [-0.25, -0.2) is 0 Å². The molecule has 0 radical (unpaired) electrons. The summed E-state index contributed by atoms with van der Waals surface area (Å²) in [4.78, 5) is 0. The van der Waals surface area contributed by atoms with Crippen LogP contribution in [0.3, 0.4) is 0 Å². The van der Waals surface area contributed by atoms with E-state index >= 15 is 0 Å². The van der Waals surface area contributed by atoms with Crippen LogP contribution in [0.25, 0.3) is 49.7 Å². The molecule has 1 heterocycles. The minimum atomic E-state index is 1.23. The lowest BCUT2D eigenvalue weighted by molar-refractivity contribution is 1.19. The summed E-state index contributed by atoms with van der Waals surface area (Å²) in [7, 11) is 2.18. The van der Waals surface area contributed by atoms with Gasteiger partial charge < -0.3 is 4.57 Å².